The van der Waals surface area contributed by atoms with E-state index < -0.39 is 0 Å². The van der Waals surface area contributed by atoms with Crippen LogP contribution >= 0.6 is 11.8 Å². The molecule has 1 aliphatic rings. The molecule has 1 aliphatic heterocycles. The highest BCUT2D eigenvalue weighted by atomic mass is 32.2. The van der Waals surface area contributed by atoms with Crippen LogP contribution in [0.25, 0.3) is 0 Å². The summed E-state index contributed by atoms with van der Waals surface area (Å²) in [6, 6.07) is 8.82. The number of hydrogen-bond donors (Lipinski definition) is 2. The molecule has 4 nitrogen and oxygen atoms in total. The van der Waals surface area contributed by atoms with Crippen molar-refractivity contribution in [1.29, 1.82) is 0 Å². The fourth-order valence-corrected chi connectivity index (χ4v) is 3.75. The average Bonchev–Trinajstić information content (AvgIpc) is 2.55. The van der Waals surface area contributed by atoms with Crippen LogP contribution in [0, 0.1) is 6.92 Å². The molecule has 1 aromatic rings. The van der Waals surface area contributed by atoms with Crippen LogP contribution in [0.5, 0.6) is 0 Å². The summed E-state index contributed by atoms with van der Waals surface area (Å²) in [5.41, 5.74) is 1.27. The van der Waals surface area contributed by atoms with Crippen LogP contribution in [0.15, 0.2) is 29.2 Å². The van der Waals surface area contributed by atoms with Gasteiger partial charge in [0.25, 0.3) is 0 Å². The molecule has 0 bridgehead atoms. The van der Waals surface area contributed by atoms with Crippen molar-refractivity contribution in [3.05, 3.63) is 29.8 Å². The number of piperidine rings is 1. The lowest BCUT2D eigenvalue weighted by Gasteiger charge is -2.34. The Morgan fingerprint density at radius 3 is 2.87 bits per heavy atom. The van der Waals surface area contributed by atoms with Gasteiger partial charge in [0.05, 0.1) is 6.54 Å². The van der Waals surface area contributed by atoms with Crippen molar-refractivity contribution < 1.29 is 9.90 Å². The lowest BCUT2D eigenvalue weighted by Crippen LogP contribution is -2.46. The Morgan fingerprint density at radius 2 is 2.13 bits per heavy atom. The summed E-state index contributed by atoms with van der Waals surface area (Å²) in [7, 11) is 0. The molecule has 2 N–H and O–H groups in total. The molecular formula is C18H28N2O2S. The van der Waals surface area contributed by atoms with Gasteiger partial charge < -0.3 is 10.4 Å². The highest BCUT2D eigenvalue weighted by Gasteiger charge is 2.23. The zero-order chi connectivity index (χ0) is 16.5. The Bertz CT molecular complexity index is 476. The van der Waals surface area contributed by atoms with Crippen molar-refractivity contribution in [2.45, 2.75) is 43.5 Å². The Morgan fingerprint density at radius 1 is 1.35 bits per heavy atom. The van der Waals surface area contributed by atoms with Gasteiger partial charge in [-0.2, -0.15) is 0 Å². The number of hydrogen-bond acceptors (Lipinski definition) is 4. The first-order chi connectivity index (χ1) is 11.2. The molecule has 1 amide bonds. The predicted molar refractivity (Wildman–Crippen MR) is 95.8 cm³/mol. The third-order valence-electron chi connectivity index (χ3n) is 4.27. The smallest absolute Gasteiger partial charge is 0.234 e. The molecule has 23 heavy (non-hydrogen) atoms. The van der Waals surface area contributed by atoms with Gasteiger partial charge in [0.2, 0.25) is 5.91 Å². The van der Waals surface area contributed by atoms with E-state index in [0.717, 1.165) is 31.6 Å². The maximum absolute atomic E-state index is 12.1. The van der Waals surface area contributed by atoms with Gasteiger partial charge in [0, 0.05) is 29.8 Å². The molecule has 0 spiro atoms. The molecule has 1 aromatic carbocycles. The van der Waals surface area contributed by atoms with E-state index >= 15 is 0 Å². The second-order valence-corrected chi connectivity index (χ2v) is 7.31. The lowest BCUT2D eigenvalue weighted by atomic mass is 10.00. The average molecular weight is 337 g/mol. The van der Waals surface area contributed by atoms with Crippen molar-refractivity contribution in [2.75, 3.05) is 32.0 Å². The van der Waals surface area contributed by atoms with Crippen molar-refractivity contribution >= 4 is 17.7 Å². The molecular weight excluding hydrogens is 308 g/mol. The maximum atomic E-state index is 12.1. The zero-order valence-corrected chi connectivity index (χ0v) is 14.8. The lowest BCUT2D eigenvalue weighted by molar-refractivity contribution is -0.123. The topological polar surface area (TPSA) is 52.6 Å². The number of likely N-dealkylation sites (tertiary alicyclic amines) is 1. The van der Waals surface area contributed by atoms with Crippen LogP contribution in [0.2, 0.25) is 0 Å². The summed E-state index contributed by atoms with van der Waals surface area (Å²) < 4.78 is 0. The van der Waals surface area contributed by atoms with E-state index in [1.807, 2.05) is 0 Å². The van der Waals surface area contributed by atoms with E-state index in [2.05, 4.69) is 41.4 Å². The second-order valence-electron chi connectivity index (χ2n) is 6.14. The minimum Gasteiger partial charge on any atom is -0.396 e. The van der Waals surface area contributed by atoms with Crippen LogP contribution in [0.4, 0.5) is 0 Å². The number of nitrogens with one attached hydrogen (secondary N) is 1. The van der Waals surface area contributed by atoms with Gasteiger partial charge in [0.15, 0.2) is 0 Å². The van der Waals surface area contributed by atoms with Gasteiger partial charge >= 0.3 is 0 Å². The highest BCUT2D eigenvalue weighted by Crippen LogP contribution is 2.19. The molecule has 0 saturated carbocycles. The molecule has 1 fully saturated rings. The number of aliphatic hydroxyl groups excluding tert-OH is 1. The molecule has 0 aliphatic carbocycles. The van der Waals surface area contributed by atoms with Crippen molar-refractivity contribution in [3.8, 4) is 0 Å². The summed E-state index contributed by atoms with van der Waals surface area (Å²) in [4.78, 5) is 15.6. The highest BCUT2D eigenvalue weighted by molar-refractivity contribution is 7.99. The maximum Gasteiger partial charge on any atom is 0.234 e. The second kappa shape index (κ2) is 9.96. The molecule has 1 atom stereocenters. The summed E-state index contributed by atoms with van der Waals surface area (Å²) in [5, 5.41) is 12.1. The number of aryl methyl sites for hydroxylation is 1. The number of nitrogens with zero attached hydrogens (tertiary/aromatic N) is 1. The predicted octanol–water partition coefficient (Wildman–Crippen LogP) is 2.44. The molecule has 2 rings (SSSR count). The Labute approximate surface area is 143 Å². The van der Waals surface area contributed by atoms with Gasteiger partial charge in [-0.1, -0.05) is 24.1 Å². The Kier molecular flexibility index (Phi) is 7.92. The molecule has 0 radical (unpaired) electrons. The third kappa shape index (κ3) is 6.53. The first-order valence-corrected chi connectivity index (χ1v) is 9.48. The number of rotatable bonds is 8. The SMILES string of the molecule is Cc1ccc(SCCNC(=O)CN2CCCCC2CCO)cc1. The summed E-state index contributed by atoms with van der Waals surface area (Å²) in [6.07, 6.45) is 4.22. The number of carbonyl (C=O) groups excluding carboxylic acids is 1. The van der Waals surface area contributed by atoms with Gasteiger partial charge in [-0.05, 0) is 44.9 Å². The number of carbonyl (C=O) groups is 1. The van der Waals surface area contributed by atoms with Gasteiger partial charge in [-0.3, -0.25) is 9.69 Å². The van der Waals surface area contributed by atoms with E-state index in [0.29, 0.717) is 19.1 Å². The first-order valence-electron chi connectivity index (χ1n) is 8.50. The van der Waals surface area contributed by atoms with Gasteiger partial charge in [0.1, 0.15) is 0 Å². The van der Waals surface area contributed by atoms with Crippen LogP contribution in [0.3, 0.4) is 0 Å². The molecule has 1 saturated heterocycles. The quantitative estimate of drug-likeness (QED) is 0.565. The molecule has 0 aromatic heterocycles. The number of benzene rings is 1. The normalized spacial score (nSPS) is 18.8. The molecule has 5 heteroatoms. The summed E-state index contributed by atoms with van der Waals surface area (Å²) in [6.45, 7) is 4.40. The molecule has 1 heterocycles. The fraction of sp³-hybridized carbons (Fsp3) is 0.611. The van der Waals surface area contributed by atoms with Crippen molar-refractivity contribution in [3.63, 3.8) is 0 Å². The monoisotopic (exact) mass is 336 g/mol. The fourth-order valence-electron chi connectivity index (χ4n) is 2.98. The zero-order valence-electron chi connectivity index (χ0n) is 14.0. The molecule has 128 valence electrons. The van der Waals surface area contributed by atoms with E-state index in [-0.39, 0.29) is 12.5 Å². The first kappa shape index (κ1) is 18.3. The summed E-state index contributed by atoms with van der Waals surface area (Å²) in [5.74, 6) is 0.980. The van der Waals surface area contributed by atoms with Crippen LogP contribution in [-0.2, 0) is 4.79 Å². The molecule has 1 unspecified atom stereocenters. The van der Waals surface area contributed by atoms with E-state index in [1.165, 1.54) is 16.9 Å². The van der Waals surface area contributed by atoms with E-state index in [9.17, 15) is 4.79 Å². The van der Waals surface area contributed by atoms with Crippen LogP contribution in [0.1, 0.15) is 31.2 Å². The van der Waals surface area contributed by atoms with Crippen LogP contribution < -0.4 is 5.32 Å². The van der Waals surface area contributed by atoms with Crippen molar-refractivity contribution in [2.24, 2.45) is 0 Å². The number of thioether (sulfide) groups is 1. The largest absolute Gasteiger partial charge is 0.396 e. The van der Waals surface area contributed by atoms with E-state index in [1.54, 1.807) is 11.8 Å². The third-order valence-corrected chi connectivity index (χ3v) is 5.29. The van der Waals surface area contributed by atoms with Gasteiger partial charge in [-0.15, -0.1) is 11.8 Å². The van der Waals surface area contributed by atoms with Crippen LogP contribution in [-0.4, -0.2) is 53.9 Å². The minimum atomic E-state index is 0.0966. The van der Waals surface area contributed by atoms with Crippen molar-refractivity contribution in [1.82, 2.24) is 10.2 Å². The number of amides is 1. The Balaban J connectivity index is 1.65. The number of aliphatic hydroxyl groups is 1. The van der Waals surface area contributed by atoms with Gasteiger partial charge in [-0.25, -0.2) is 0 Å². The van der Waals surface area contributed by atoms with E-state index in [4.69, 9.17) is 5.11 Å². The minimum absolute atomic E-state index is 0.0966. The summed E-state index contributed by atoms with van der Waals surface area (Å²) >= 11 is 1.76. The standard InChI is InChI=1S/C18H28N2O2S/c1-15-5-7-17(8-6-15)23-13-10-19-18(22)14-20-11-3-2-4-16(20)9-12-21/h5-8,16,21H,2-4,9-14H2,1H3,(H,19,22). The Hall–Kier alpha value is -1.04.